The molecule has 1 radical (unpaired) electrons. The molecule has 14 heavy (non-hydrogen) atoms. The minimum Gasteiger partial charge on any atom is -0.338 e. The van der Waals surface area contributed by atoms with Gasteiger partial charge in [-0.2, -0.15) is 0 Å². The molecular weight excluding hydrogens is 178 g/mol. The van der Waals surface area contributed by atoms with Gasteiger partial charge in [-0.3, -0.25) is 4.79 Å². The van der Waals surface area contributed by atoms with E-state index in [1.807, 2.05) is 11.8 Å². The fourth-order valence-electron chi connectivity index (χ4n) is 2.24. The molecule has 79 valence electrons. The number of nitrogens with zero attached hydrogens (tertiary/aromatic N) is 2. The van der Waals surface area contributed by atoms with Gasteiger partial charge in [0.15, 0.2) is 0 Å². The first-order chi connectivity index (χ1) is 6.72. The molecule has 2 saturated heterocycles. The molecule has 1 amide bonds. The van der Waals surface area contributed by atoms with Crippen LogP contribution in [0.15, 0.2) is 0 Å². The van der Waals surface area contributed by atoms with Crippen molar-refractivity contribution < 1.29 is 4.79 Å². The summed E-state index contributed by atoms with van der Waals surface area (Å²) in [7, 11) is 0. The van der Waals surface area contributed by atoms with E-state index < -0.39 is 0 Å². The average Bonchev–Trinajstić information content (AvgIpc) is 2.67. The maximum Gasteiger partial charge on any atom is 0.242 e. The molecular formula is C10H18N3O. The van der Waals surface area contributed by atoms with Crippen LogP contribution in [0, 0.1) is 0 Å². The van der Waals surface area contributed by atoms with Gasteiger partial charge in [-0.15, -0.1) is 0 Å². The fraction of sp³-hybridized carbons (Fsp3) is 0.900. The highest BCUT2D eigenvalue weighted by Crippen LogP contribution is 2.21. The molecule has 0 aromatic heterocycles. The third-order valence-electron chi connectivity index (χ3n) is 3.18. The summed E-state index contributed by atoms with van der Waals surface area (Å²) < 4.78 is 0. The van der Waals surface area contributed by atoms with Crippen LogP contribution in [0.1, 0.15) is 19.8 Å². The van der Waals surface area contributed by atoms with Crippen LogP contribution in [-0.4, -0.2) is 49.1 Å². The largest absolute Gasteiger partial charge is 0.338 e. The molecule has 2 rings (SSSR count). The molecule has 1 N–H and O–H groups in total. The Bertz CT molecular complexity index is 217. The SMILES string of the molecule is C[C@]1(C(=O)N2CC[N]CC2)CCCN1. The number of amides is 1. The fourth-order valence-corrected chi connectivity index (χ4v) is 2.24. The average molecular weight is 196 g/mol. The molecule has 2 heterocycles. The summed E-state index contributed by atoms with van der Waals surface area (Å²) in [5.74, 6) is 0.268. The Morgan fingerprint density at radius 2 is 2.14 bits per heavy atom. The first kappa shape index (κ1) is 9.93. The van der Waals surface area contributed by atoms with Crippen LogP contribution in [0.4, 0.5) is 0 Å². The minimum absolute atomic E-state index is 0.268. The van der Waals surface area contributed by atoms with E-state index in [1.54, 1.807) is 0 Å². The van der Waals surface area contributed by atoms with Crippen LogP contribution in [0.3, 0.4) is 0 Å². The van der Waals surface area contributed by atoms with E-state index in [0.29, 0.717) is 0 Å². The van der Waals surface area contributed by atoms with Crippen molar-refractivity contribution in [2.75, 3.05) is 32.7 Å². The third kappa shape index (κ3) is 1.77. The van der Waals surface area contributed by atoms with Gasteiger partial charge in [-0.25, -0.2) is 5.32 Å². The third-order valence-corrected chi connectivity index (χ3v) is 3.18. The Morgan fingerprint density at radius 1 is 1.43 bits per heavy atom. The second-order valence-electron chi connectivity index (χ2n) is 4.33. The summed E-state index contributed by atoms with van der Waals surface area (Å²) in [4.78, 5) is 14.1. The number of carbonyl (C=O) groups is 1. The minimum atomic E-state index is -0.294. The number of hydrogen-bond acceptors (Lipinski definition) is 2. The van der Waals surface area contributed by atoms with Crippen LogP contribution < -0.4 is 10.6 Å². The Kier molecular flexibility index (Phi) is 2.74. The number of carbonyl (C=O) groups excluding carboxylic acids is 1. The van der Waals surface area contributed by atoms with Crippen molar-refractivity contribution in [2.24, 2.45) is 0 Å². The van der Waals surface area contributed by atoms with Crippen LogP contribution in [-0.2, 0) is 4.79 Å². The van der Waals surface area contributed by atoms with E-state index in [1.165, 1.54) is 0 Å². The quantitative estimate of drug-likeness (QED) is 0.619. The summed E-state index contributed by atoms with van der Waals surface area (Å²) in [6.45, 7) is 6.21. The van der Waals surface area contributed by atoms with Crippen LogP contribution >= 0.6 is 0 Å². The number of hydrogen-bond donors (Lipinski definition) is 1. The lowest BCUT2D eigenvalue weighted by Crippen LogP contribution is -2.56. The van der Waals surface area contributed by atoms with Gasteiger partial charge in [0.25, 0.3) is 0 Å². The van der Waals surface area contributed by atoms with E-state index in [-0.39, 0.29) is 11.4 Å². The molecule has 1 atom stereocenters. The zero-order valence-corrected chi connectivity index (χ0v) is 8.75. The van der Waals surface area contributed by atoms with Gasteiger partial charge in [-0.05, 0) is 26.3 Å². The summed E-state index contributed by atoms with van der Waals surface area (Å²) in [5.41, 5.74) is -0.294. The van der Waals surface area contributed by atoms with Gasteiger partial charge in [0.05, 0.1) is 5.54 Å². The second-order valence-corrected chi connectivity index (χ2v) is 4.33. The van der Waals surface area contributed by atoms with Crippen LogP contribution in [0.25, 0.3) is 0 Å². The van der Waals surface area contributed by atoms with Gasteiger partial charge >= 0.3 is 0 Å². The van der Waals surface area contributed by atoms with Crippen LogP contribution in [0.5, 0.6) is 0 Å². The molecule has 2 aliphatic rings. The monoisotopic (exact) mass is 196 g/mol. The molecule has 0 bridgehead atoms. The molecule has 0 saturated carbocycles. The maximum atomic E-state index is 12.1. The van der Waals surface area contributed by atoms with E-state index >= 15 is 0 Å². The topological polar surface area (TPSA) is 46.4 Å². The zero-order chi connectivity index (χ0) is 10.0. The smallest absolute Gasteiger partial charge is 0.242 e. The Morgan fingerprint density at radius 3 is 2.71 bits per heavy atom. The highest BCUT2D eigenvalue weighted by Gasteiger charge is 2.39. The molecule has 0 spiro atoms. The van der Waals surface area contributed by atoms with Crippen molar-refractivity contribution in [3.63, 3.8) is 0 Å². The first-order valence-electron chi connectivity index (χ1n) is 5.40. The summed E-state index contributed by atoms with van der Waals surface area (Å²) in [6, 6.07) is 0. The standard InChI is InChI=1S/C10H18N3O/c1-10(3-2-4-12-10)9(14)13-7-5-11-6-8-13/h12H,2-8H2,1H3/t10-/m1/s1. The van der Waals surface area contributed by atoms with E-state index in [2.05, 4.69) is 10.6 Å². The second kappa shape index (κ2) is 3.87. The van der Waals surface area contributed by atoms with Gasteiger partial charge in [0.2, 0.25) is 5.91 Å². The van der Waals surface area contributed by atoms with Crippen LogP contribution in [0.2, 0.25) is 0 Å². The van der Waals surface area contributed by atoms with Crippen molar-refractivity contribution in [1.29, 1.82) is 0 Å². The van der Waals surface area contributed by atoms with E-state index in [0.717, 1.165) is 45.6 Å². The lowest BCUT2D eigenvalue weighted by molar-refractivity contribution is -0.137. The van der Waals surface area contributed by atoms with Gasteiger partial charge in [0.1, 0.15) is 0 Å². The van der Waals surface area contributed by atoms with Gasteiger partial charge in [-0.1, -0.05) is 0 Å². The Hall–Kier alpha value is -0.610. The normalized spacial score (nSPS) is 33.4. The lowest BCUT2D eigenvalue weighted by Gasteiger charge is -2.34. The predicted octanol–water partition coefficient (Wildman–Crippen LogP) is -0.425. The van der Waals surface area contributed by atoms with Crippen molar-refractivity contribution in [3.8, 4) is 0 Å². The molecule has 0 aromatic rings. The van der Waals surface area contributed by atoms with E-state index in [9.17, 15) is 4.79 Å². The molecule has 2 aliphatic heterocycles. The zero-order valence-electron chi connectivity index (χ0n) is 8.75. The maximum absolute atomic E-state index is 12.1. The highest BCUT2D eigenvalue weighted by molar-refractivity contribution is 5.86. The molecule has 4 heteroatoms. The summed E-state index contributed by atoms with van der Waals surface area (Å²) in [6.07, 6.45) is 2.08. The number of nitrogens with one attached hydrogen (secondary N) is 1. The molecule has 0 aliphatic carbocycles. The van der Waals surface area contributed by atoms with Gasteiger partial charge in [0, 0.05) is 26.2 Å². The molecule has 4 nitrogen and oxygen atoms in total. The number of rotatable bonds is 1. The molecule has 0 unspecified atom stereocenters. The number of piperazine rings is 1. The van der Waals surface area contributed by atoms with Crippen molar-refractivity contribution in [2.45, 2.75) is 25.3 Å². The van der Waals surface area contributed by atoms with Crippen molar-refractivity contribution >= 4 is 5.91 Å². The predicted molar refractivity (Wildman–Crippen MR) is 54.1 cm³/mol. The highest BCUT2D eigenvalue weighted by atomic mass is 16.2. The molecule has 2 fully saturated rings. The van der Waals surface area contributed by atoms with Gasteiger partial charge < -0.3 is 10.2 Å². The van der Waals surface area contributed by atoms with Crippen molar-refractivity contribution in [1.82, 2.24) is 15.5 Å². The lowest BCUT2D eigenvalue weighted by atomic mass is 9.98. The molecule has 0 aromatic carbocycles. The first-order valence-corrected chi connectivity index (χ1v) is 5.40. The summed E-state index contributed by atoms with van der Waals surface area (Å²) >= 11 is 0. The van der Waals surface area contributed by atoms with E-state index in [4.69, 9.17) is 0 Å². The Balaban J connectivity index is 1.98. The summed E-state index contributed by atoms with van der Waals surface area (Å²) in [5, 5.41) is 7.55. The Labute approximate surface area is 85.0 Å². The van der Waals surface area contributed by atoms with Crippen molar-refractivity contribution in [3.05, 3.63) is 0 Å².